The number of nitrogens with zero attached hydrogens (tertiary/aromatic N) is 2. The molecule has 0 saturated heterocycles. The summed E-state index contributed by atoms with van der Waals surface area (Å²) < 4.78 is 6.28. The van der Waals surface area contributed by atoms with Gasteiger partial charge in [0.15, 0.2) is 0 Å². The molecule has 0 radical (unpaired) electrons. The van der Waals surface area contributed by atoms with Crippen LogP contribution in [-0.2, 0) is 6.42 Å². The monoisotopic (exact) mass is 355 g/mol. The van der Waals surface area contributed by atoms with Crippen molar-refractivity contribution in [1.29, 1.82) is 0 Å². The second-order valence-electron chi connectivity index (χ2n) is 3.88. The molecule has 106 valence electrons. The lowest BCUT2D eigenvalue weighted by atomic mass is 10.2. The highest BCUT2D eigenvalue weighted by molar-refractivity contribution is 9.10. The van der Waals surface area contributed by atoms with Crippen molar-refractivity contribution in [3.8, 4) is 5.75 Å². The number of aromatic nitrogens is 2. The molecule has 20 heavy (non-hydrogen) atoms. The minimum atomic E-state index is -0.256. The molecule has 0 atom stereocenters. The van der Waals surface area contributed by atoms with Gasteiger partial charge in [0, 0.05) is 4.47 Å². The van der Waals surface area contributed by atoms with Gasteiger partial charge in [-0.2, -0.15) is 0 Å². The Hall–Kier alpha value is -1.47. The summed E-state index contributed by atoms with van der Waals surface area (Å²) in [5.74, 6) is 0.294. The zero-order valence-corrected chi connectivity index (χ0v) is 13.5. The van der Waals surface area contributed by atoms with Crippen molar-refractivity contribution in [2.75, 3.05) is 11.9 Å². The Morgan fingerprint density at radius 1 is 1.40 bits per heavy atom. The van der Waals surface area contributed by atoms with Gasteiger partial charge < -0.3 is 4.74 Å². The van der Waals surface area contributed by atoms with E-state index in [0.717, 1.165) is 15.9 Å². The topological polar surface area (TPSA) is 64.1 Å². The van der Waals surface area contributed by atoms with Crippen LogP contribution in [0, 0.1) is 0 Å². The van der Waals surface area contributed by atoms with E-state index in [2.05, 4.69) is 31.4 Å². The molecule has 0 bridgehead atoms. The Kier molecular flexibility index (Phi) is 5.08. The lowest BCUT2D eigenvalue weighted by Crippen LogP contribution is -2.13. The summed E-state index contributed by atoms with van der Waals surface area (Å²) in [6, 6.07) is 5.32. The third-order valence-electron chi connectivity index (χ3n) is 2.48. The van der Waals surface area contributed by atoms with Crippen LogP contribution >= 0.6 is 27.3 Å². The van der Waals surface area contributed by atoms with Gasteiger partial charge in [0.25, 0.3) is 5.91 Å². The van der Waals surface area contributed by atoms with Crippen molar-refractivity contribution >= 4 is 38.3 Å². The highest BCUT2D eigenvalue weighted by atomic mass is 79.9. The van der Waals surface area contributed by atoms with E-state index in [1.54, 1.807) is 12.1 Å². The van der Waals surface area contributed by atoms with Gasteiger partial charge in [0.05, 0.1) is 12.2 Å². The number of hydrogen-bond donors (Lipinski definition) is 1. The predicted octanol–water partition coefficient (Wildman–Crippen LogP) is 3.51. The van der Waals surface area contributed by atoms with Crippen molar-refractivity contribution in [3.05, 3.63) is 33.2 Å². The van der Waals surface area contributed by atoms with Crippen molar-refractivity contribution < 1.29 is 9.53 Å². The molecular weight excluding hydrogens is 342 g/mol. The number of amides is 1. The van der Waals surface area contributed by atoms with Crippen LogP contribution < -0.4 is 10.1 Å². The second kappa shape index (κ2) is 6.81. The standard InChI is InChI=1S/C13H14BrN3O2S/c1-3-11-16-17-13(20-11)15-12(18)9-7-8(14)5-6-10(9)19-4-2/h5-7H,3-4H2,1-2H3,(H,15,17,18). The fraction of sp³-hybridized carbons (Fsp3) is 0.308. The maximum absolute atomic E-state index is 12.3. The summed E-state index contributed by atoms with van der Waals surface area (Å²) in [7, 11) is 0. The van der Waals surface area contributed by atoms with Gasteiger partial charge in [-0.3, -0.25) is 10.1 Å². The molecule has 1 aromatic heterocycles. The summed E-state index contributed by atoms with van der Waals surface area (Å²) in [5.41, 5.74) is 0.467. The number of aryl methyl sites for hydroxylation is 1. The highest BCUT2D eigenvalue weighted by Crippen LogP contribution is 2.25. The molecule has 0 saturated carbocycles. The van der Waals surface area contributed by atoms with Crippen LogP contribution in [0.1, 0.15) is 29.2 Å². The van der Waals surface area contributed by atoms with E-state index in [4.69, 9.17) is 4.74 Å². The van der Waals surface area contributed by atoms with Crippen molar-refractivity contribution in [2.24, 2.45) is 0 Å². The molecule has 0 unspecified atom stereocenters. The first-order valence-electron chi connectivity index (χ1n) is 6.20. The van der Waals surface area contributed by atoms with E-state index in [0.29, 0.717) is 23.1 Å². The Morgan fingerprint density at radius 3 is 2.85 bits per heavy atom. The van der Waals surface area contributed by atoms with Gasteiger partial charge in [0.1, 0.15) is 10.8 Å². The first-order valence-corrected chi connectivity index (χ1v) is 7.81. The summed E-state index contributed by atoms with van der Waals surface area (Å²) >= 11 is 4.73. The van der Waals surface area contributed by atoms with Crippen molar-refractivity contribution in [1.82, 2.24) is 10.2 Å². The second-order valence-corrected chi connectivity index (χ2v) is 5.86. The Bertz CT molecular complexity index is 615. The molecule has 5 nitrogen and oxygen atoms in total. The molecule has 2 rings (SSSR count). The number of halogens is 1. The fourth-order valence-electron chi connectivity index (χ4n) is 1.57. The number of nitrogens with one attached hydrogen (secondary N) is 1. The average Bonchev–Trinajstić information content (AvgIpc) is 2.88. The van der Waals surface area contributed by atoms with Crippen LogP contribution in [-0.4, -0.2) is 22.7 Å². The Morgan fingerprint density at radius 2 is 2.20 bits per heavy atom. The van der Waals surface area contributed by atoms with Gasteiger partial charge in [-0.1, -0.05) is 34.2 Å². The maximum Gasteiger partial charge on any atom is 0.261 e. The zero-order valence-electron chi connectivity index (χ0n) is 11.1. The average molecular weight is 356 g/mol. The molecule has 1 N–H and O–H groups in total. The van der Waals surface area contributed by atoms with E-state index in [1.807, 2.05) is 19.9 Å². The molecule has 7 heteroatoms. The molecule has 2 aromatic rings. The minimum absolute atomic E-state index is 0.256. The van der Waals surface area contributed by atoms with Gasteiger partial charge in [-0.15, -0.1) is 10.2 Å². The number of ether oxygens (including phenoxy) is 1. The van der Waals surface area contributed by atoms with E-state index in [1.165, 1.54) is 11.3 Å². The summed E-state index contributed by atoms with van der Waals surface area (Å²) in [6.45, 7) is 4.37. The molecule has 0 aliphatic rings. The molecule has 0 fully saturated rings. The number of carbonyl (C=O) groups excluding carboxylic acids is 1. The van der Waals surface area contributed by atoms with E-state index >= 15 is 0 Å². The number of hydrogen-bond acceptors (Lipinski definition) is 5. The molecule has 0 spiro atoms. The van der Waals surface area contributed by atoms with E-state index in [-0.39, 0.29) is 5.91 Å². The Balaban J connectivity index is 2.21. The van der Waals surface area contributed by atoms with Crippen molar-refractivity contribution in [2.45, 2.75) is 20.3 Å². The van der Waals surface area contributed by atoms with E-state index in [9.17, 15) is 4.79 Å². The molecular formula is C13H14BrN3O2S. The third kappa shape index (κ3) is 3.55. The Labute approximate surface area is 129 Å². The van der Waals surface area contributed by atoms with Crippen LogP contribution in [0.25, 0.3) is 0 Å². The summed E-state index contributed by atoms with van der Waals surface area (Å²) in [6.07, 6.45) is 0.800. The predicted molar refractivity (Wildman–Crippen MR) is 82.6 cm³/mol. The van der Waals surface area contributed by atoms with Crippen LogP contribution in [0.2, 0.25) is 0 Å². The summed E-state index contributed by atoms with van der Waals surface area (Å²) in [4.78, 5) is 12.3. The van der Waals surface area contributed by atoms with Gasteiger partial charge in [0.2, 0.25) is 5.13 Å². The molecule has 1 amide bonds. The largest absolute Gasteiger partial charge is 0.493 e. The van der Waals surface area contributed by atoms with Crippen LogP contribution in [0.5, 0.6) is 5.75 Å². The smallest absolute Gasteiger partial charge is 0.261 e. The molecule has 1 heterocycles. The fourth-order valence-corrected chi connectivity index (χ4v) is 2.61. The number of benzene rings is 1. The normalized spacial score (nSPS) is 10.3. The number of anilines is 1. The highest BCUT2D eigenvalue weighted by Gasteiger charge is 2.15. The number of carbonyl (C=O) groups is 1. The molecule has 0 aliphatic heterocycles. The maximum atomic E-state index is 12.3. The quantitative estimate of drug-likeness (QED) is 0.891. The lowest BCUT2D eigenvalue weighted by molar-refractivity contribution is 0.102. The van der Waals surface area contributed by atoms with E-state index < -0.39 is 0 Å². The first-order chi connectivity index (χ1) is 9.63. The number of rotatable bonds is 5. The van der Waals surface area contributed by atoms with Crippen molar-refractivity contribution in [3.63, 3.8) is 0 Å². The summed E-state index contributed by atoms with van der Waals surface area (Å²) in [5, 5.41) is 12.0. The molecule has 0 aliphatic carbocycles. The third-order valence-corrected chi connectivity index (χ3v) is 3.95. The lowest BCUT2D eigenvalue weighted by Gasteiger charge is -2.09. The van der Waals surface area contributed by atoms with Gasteiger partial charge in [-0.25, -0.2) is 0 Å². The minimum Gasteiger partial charge on any atom is -0.493 e. The van der Waals surface area contributed by atoms with Crippen LogP contribution in [0.15, 0.2) is 22.7 Å². The first kappa shape index (κ1) is 14.9. The SMILES string of the molecule is CCOc1ccc(Br)cc1C(=O)Nc1nnc(CC)s1. The van der Waals surface area contributed by atoms with Crippen LogP contribution in [0.3, 0.4) is 0 Å². The zero-order chi connectivity index (χ0) is 14.5. The van der Waals surface area contributed by atoms with Crippen LogP contribution in [0.4, 0.5) is 5.13 Å². The van der Waals surface area contributed by atoms with Gasteiger partial charge in [-0.05, 0) is 31.5 Å². The molecule has 1 aromatic carbocycles. The van der Waals surface area contributed by atoms with Gasteiger partial charge >= 0.3 is 0 Å².